The van der Waals surface area contributed by atoms with Gasteiger partial charge in [0.25, 0.3) is 0 Å². The summed E-state index contributed by atoms with van der Waals surface area (Å²) in [5.41, 5.74) is 12.2. The molecule has 1 heteroatoms. The maximum absolute atomic E-state index is 2.56. The molecule has 0 amide bonds. The number of aromatic nitrogens is 1. The molecule has 140 valence electrons. The van der Waals surface area contributed by atoms with E-state index in [0.29, 0.717) is 11.8 Å². The predicted octanol–water partition coefficient (Wildman–Crippen LogP) is 6.06. The van der Waals surface area contributed by atoms with Crippen molar-refractivity contribution in [1.29, 1.82) is 0 Å². The van der Waals surface area contributed by atoms with Crippen LogP contribution in [0, 0.1) is 12.8 Å². The Kier molecular flexibility index (Phi) is 3.29. The normalized spacial score (nSPS) is 26.7. The van der Waals surface area contributed by atoms with E-state index in [1.165, 1.54) is 53.6 Å². The second kappa shape index (κ2) is 5.56. The zero-order valence-corrected chi connectivity index (χ0v) is 17.1. The largest absolute Gasteiger partial charge is 0.216 e. The average Bonchev–Trinajstić information content (AvgIpc) is 2.98. The van der Waals surface area contributed by atoms with Crippen LogP contribution < -0.4 is 4.57 Å². The summed E-state index contributed by atoms with van der Waals surface area (Å²) in [6.45, 7) is 4.87. The molecule has 2 bridgehead atoms. The van der Waals surface area contributed by atoms with Crippen molar-refractivity contribution in [2.75, 3.05) is 0 Å². The standard InChI is InChI=1S/C27H28N/c1-17-13-14-22-21-10-4-5-12-23(21)27(2)19-9-6-8-18(16-19)20-11-7-15-28(3)26(20)24(17)25(22)27/h4-5,7,10-15,18-19H,6,8-9,16H2,1-3H3/q+1. The molecule has 1 fully saturated rings. The number of aryl methyl sites for hydroxylation is 2. The van der Waals surface area contributed by atoms with Gasteiger partial charge < -0.3 is 0 Å². The van der Waals surface area contributed by atoms with Crippen molar-refractivity contribution in [3.63, 3.8) is 0 Å². The minimum Gasteiger partial charge on any atom is -0.201 e. The molecular weight excluding hydrogens is 338 g/mol. The van der Waals surface area contributed by atoms with Gasteiger partial charge in [0, 0.05) is 17.0 Å². The summed E-state index contributed by atoms with van der Waals surface area (Å²) in [5, 5.41) is 0. The lowest BCUT2D eigenvalue weighted by molar-refractivity contribution is -0.660. The van der Waals surface area contributed by atoms with Crippen molar-refractivity contribution >= 4 is 0 Å². The lowest BCUT2D eigenvalue weighted by Gasteiger charge is -2.44. The lowest BCUT2D eigenvalue weighted by Crippen LogP contribution is -2.40. The SMILES string of the molecule is Cc1ccc2c3c1-c1c(ccc[n+]1C)C1CCCC(C1)C3(C)c1ccccc1-2. The highest BCUT2D eigenvalue weighted by atomic mass is 14.9. The van der Waals surface area contributed by atoms with Crippen molar-refractivity contribution in [2.24, 2.45) is 13.0 Å². The van der Waals surface area contributed by atoms with Gasteiger partial charge in [0.15, 0.2) is 6.20 Å². The van der Waals surface area contributed by atoms with Crippen molar-refractivity contribution in [1.82, 2.24) is 0 Å². The molecule has 3 aliphatic carbocycles. The smallest absolute Gasteiger partial charge is 0.201 e. The molecule has 3 aromatic rings. The number of nitrogens with zero attached hydrogens (tertiary/aromatic N) is 1. The minimum atomic E-state index is 0.118. The number of pyridine rings is 1. The van der Waals surface area contributed by atoms with Crippen LogP contribution in [0.5, 0.6) is 0 Å². The molecule has 1 nitrogen and oxygen atoms in total. The van der Waals surface area contributed by atoms with Crippen LogP contribution in [-0.2, 0) is 12.5 Å². The number of hydrogen-bond acceptors (Lipinski definition) is 0. The summed E-state index contributed by atoms with van der Waals surface area (Å²) < 4.78 is 2.39. The molecule has 1 saturated carbocycles. The molecule has 0 spiro atoms. The molecule has 28 heavy (non-hydrogen) atoms. The molecule has 3 unspecified atom stereocenters. The van der Waals surface area contributed by atoms with Gasteiger partial charge in [-0.15, -0.1) is 0 Å². The highest BCUT2D eigenvalue weighted by molar-refractivity contribution is 5.89. The molecule has 0 saturated heterocycles. The van der Waals surface area contributed by atoms with Crippen LogP contribution in [0.4, 0.5) is 0 Å². The lowest BCUT2D eigenvalue weighted by atomic mass is 9.59. The first-order chi connectivity index (χ1) is 13.6. The third kappa shape index (κ3) is 1.90. The number of rotatable bonds is 0. The Morgan fingerprint density at radius 1 is 0.964 bits per heavy atom. The first-order valence-electron chi connectivity index (χ1n) is 10.8. The third-order valence-electron chi connectivity index (χ3n) is 8.09. The van der Waals surface area contributed by atoms with Crippen LogP contribution in [0.1, 0.15) is 60.8 Å². The molecule has 0 N–H and O–H groups in total. The number of benzene rings is 2. The molecule has 1 aromatic heterocycles. The summed E-state index contributed by atoms with van der Waals surface area (Å²) in [7, 11) is 2.24. The predicted molar refractivity (Wildman–Crippen MR) is 114 cm³/mol. The van der Waals surface area contributed by atoms with Crippen LogP contribution in [0.2, 0.25) is 0 Å². The molecule has 1 heterocycles. The molecule has 0 radical (unpaired) electrons. The van der Waals surface area contributed by atoms with E-state index in [4.69, 9.17) is 0 Å². The van der Waals surface area contributed by atoms with Crippen LogP contribution in [-0.4, -0.2) is 0 Å². The minimum absolute atomic E-state index is 0.118. The first kappa shape index (κ1) is 16.5. The van der Waals surface area contributed by atoms with E-state index in [2.05, 4.69) is 80.2 Å². The van der Waals surface area contributed by atoms with Gasteiger partial charge in [-0.25, -0.2) is 4.57 Å². The van der Waals surface area contributed by atoms with E-state index in [-0.39, 0.29) is 5.41 Å². The van der Waals surface area contributed by atoms with Gasteiger partial charge in [0.2, 0.25) is 5.69 Å². The topological polar surface area (TPSA) is 3.88 Å². The maximum Gasteiger partial charge on any atom is 0.216 e. The molecule has 3 atom stereocenters. The van der Waals surface area contributed by atoms with Gasteiger partial charge >= 0.3 is 0 Å². The third-order valence-corrected chi connectivity index (χ3v) is 8.09. The van der Waals surface area contributed by atoms with Gasteiger partial charge in [-0.05, 0) is 71.9 Å². The fourth-order valence-corrected chi connectivity index (χ4v) is 6.79. The number of fused-ring (bicyclic) bond motifs is 9. The van der Waals surface area contributed by atoms with E-state index >= 15 is 0 Å². The van der Waals surface area contributed by atoms with E-state index < -0.39 is 0 Å². The van der Waals surface area contributed by atoms with Crippen molar-refractivity contribution < 1.29 is 4.57 Å². The summed E-state index contributed by atoms with van der Waals surface area (Å²) in [4.78, 5) is 0. The van der Waals surface area contributed by atoms with Crippen LogP contribution >= 0.6 is 0 Å². The monoisotopic (exact) mass is 366 g/mol. The highest BCUT2D eigenvalue weighted by Gasteiger charge is 2.50. The second-order valence-electron chi connectivity index (χ2n) is 9.41. The fourth-order valence-electron chi connectivity index (χ4n) is 6.79. The van der Waals surface area contributed by atoms with Gasteiger partial charge in [-0.1, -0.05) is 49.7 Å². The van der Waals surface area contributed by atoms with Crippen molar-refractivity contribution in [3.8, 4) is 22.4 Å². The Morgan fingerprint density at radius 2 is 1.82 bits per heavy atom. The van der Waals surface area contributed by atoms with E-state index in [1.54, 1.807) is 16.7 Å². The van der Waals surface area contributed by atoms with E-state index in [1.807, 2.05) is 0 Å². The van der Waals surface area contributed by atoms with Gasteiger partial charge in [0.1, 0.15) is 7.05 Å². The van der Waals surface area contributed by atoms with E-state index in [9.17, 15) is 0 Å². The van der Waals surface area contributed by atoms with Crippen molar-refractivity contribution in [3.05, 3.63) is 77.0 Å². The first-order valence-corrected chi connectivity index (χ1v) is 10.8. The van der Waals surface area contributed by atoms with Crippen LogP contribution in [0.25, 0.3) is 22.4 Å². The maximum atomic E-state index is 2.56. The summed E-state index contributed by atoms with van der Waals surface area (Å²) >= 11 is 0. The highest BCUT2D eigenvalue weighted by Crippen LogP contribution is 2.61. The second-order valence-corrected chi connectivity index (χ2v) is 9.41. The molecule has 6 rings (SSSR count). The molecule has 2 aromatic carbocycles. The Bertz CT molecular complexity index is 1130. The quantitative estimate of drug-likeness (QED) is 0.426. The molecular formula is C27H28N+. The summed E-state index contributed by atoms with van der Waals surface area (Å²) in [6, 6.07) is 18.6. The Morgan fingerprint density at radius 3 is 2.71 bits per heavy atom. The Balaban J connectivity index is 1.82. The van der Waals surface area contributed by atoms with Crippen LogP contribution in [0.15, 0.2) is 54.7 Å². The van der Waals surface area contributed by atoms with Crippen LogP contribution in [0.3, 0.4) is 0 Å². The summed E-state index contributed by atoms with van der Waals surface area (Å²) in [5.74, 6) is 1.40. The molecule has 3 aliphatic rings. The Labute approximate surface area is 168 Å². The van der Waals surface area contributed by atoms with Gasteiger partial charge in [0.05, 0.1) is 5.56 Å². The molecule has 0 aliphatic heterocycles. The Hall–Kier alpha value is -2.41. The fraction of sp³-hybridized carbons (Fsp3) is 0.370. The van der Waals surface area contributed by atoms with Gasteiger partial charge in [-0.3, -0.25) is 0 Å². The zero-order valence-electron chi connectivity index (χ0n) is 17.1. The van der Waals surface area contributed by atoms with E-state index in [0.717, 1.165) is 0 Å². The van der Waals surface area contributed by atoms with Crippen molar-refractivity contribution in [2.45, 2.75) is 50.9 Å². The van der Waals surface area contributed by atoms with Gasteiger partial charge in [-0.2, -0.15) is 0 Å². The average molecular weight is 367 g/mol. The zero-order chi connectivity index (χ0) is 19.0. The number of hydrogen-bond donors (Lipinski definition) is 0. The summed E-state index contributed by atoms with van der Waals surface area (Å²) in [6.07, 6.45) is 7.58.